The van der Waals surface area contributed by atoms with Gasteiger partial charge in [-0.05, 0) is 25.3 Å². The minimum atomic E-state index is 0.0863. The molecule has 0 radical (unpaired) electrons. The normalized spacial score (nSPS) is 19.9. The number of carbonyl (C=O) groups excluding carboxylic acids is 2. The zero-order valence-corrected chi connectivity index (χ0v) is 12.3. The summed E-state index contributed by atoms with van der Waals surface area (Å²) < 4.78 is 0. The number of hydrogen-bond donors (Lipinski definition) is 0. The van der Waals surface area contributed by atoms with E-state index in [1.54, 1.807) is 0 Å². The molecule has 0 aromatic carbocycles. The molecule has 1 saturated heterocycles. The topological polar surface area (TPSA) is 37.4 Å². The van der Waals surface area contributed by atoms with Crippen LogP contribution in [0.15, 0.2) is 36.0 Å². The highest BCUT2D eigenvalue weighted by Gasteiger charge is 2.28. The lowest BCUT2D eigenvalue weighted by Gasteiger charge is -2.32. The minimum absolute atomic E-state index is 0.0863. The summed E-state index contributed by atoms with van der Waals surface area (Å²) in [6.07, 6.45) is 12.2. The van der Waals surface area contributed by atoms with Crippen LogP contribution in [0.3, 0.4) is 0 Å². The molecule has 0 unspecified atom stereocenters. The maximum Gasteiger partial charge on any atom is 0.253 e. The van der Waals surface area contributed by atoms with E-state index in [0.717, 1.165) is 24.8 Å². The number of nitrogens with zero attached hydrogens (tertiary/aromatic N) is 1. The van der Waals surface area contributed by atoms with Crippen LogP contribution in [0.2, 0.25) is 0 Å². The van der Waals surface area contributed by atoms with Gasteiger partial charge in [0.1, 0.15) is 5.78 Å². The first kappa shape index (κ1) is 14.8. The highest BCUT2D eigenvalue weighted by molar-refractivity contribution is 5.96. The van der Waals surface area contributed by atoms with E-state index < -0.39 is 0 Å². The predicted molar refractivity (Wildman–Crippen MR) is 80.1 cm³/mol. The summed E-state index contributed by atoms with van der Waals surface area (Å²) in [5.41, 5.74) is 0.743. The van der Waals surface area contributed by atoms with E-state index >= 15 is 0 Å². The minimum Gasteiger partial charge on any atom is -0.339 e. The Morgan fingerprint density at radius 2 is 1.90 bits per heavy atom. The van der Waals surface area contributed by atoms with Crippen LogP contribution in [-0.2, 0) is 9.59 Å². The first-order valence-electron chi connectivity index (χ1n) is 7.46. The van der Waals surface area contributed by atoms with Crippen molar-refractivity contribution in [1.82, 2.24) is 4.90 Å². The van der Waals surface area contributed by atoms with Crippen molar-refractivity contribution in [3.63, 3.8) is 0 Å². The van der Waals surface area contributed by atoms with E-state index in [2.05, 4.69) is 0 Å². The van der Waals surface area contributed by atoms with Gasteiger partial charge in [-0.15, -0.1) is 0 Å². The van der Waals surface area contributed by atoms with Crippen molar-refractivity contribution in [3.8, 4) is 0 Å². The average molecular weight is 273 g/mol. The van der Waals surface area contributed by atoms with Crippen molar-refractivity contribution in [3.05, 3.63) is 36.0 Å². The maximum absolute atomic E-state index is 12.4. The summed E-state index contributed by atoms with van der Waals surface area (Å²) >= 11 is 0. The number of rotatable bonds is 3. The predicted octanol–water partition coefficient (Wildman–Crippen LogP) is 2.89. The van der Waals surface area contributed by atoms with Gasteiger partial charge in [-0.1, -0.05) is 38.2 Å². The number of amides is 1. The second-order valence-electron chi connectivity index (χ2n) is 5.81. The third kappa shape index (κ3) is 3.47. The van der Waals surface area contributed by atoms with Gasteiger partial charge in [-0.2, -0.15) is 0 Å². The molecular weight excluding hydrogens is 250 g/mol. The molecule has 3 heteroatoms. The van der Waals surface area contributed by atoms with Gasteiger partial charge in [0.25, 0.3) is 5.91 Å². The smallest absolute Gasteiger partial charge is 0.253 e. The summed E-state index contributed by atoms with van der Waals surface area (Å²) in [5, 5.41) is 0. The zero-order chi connectivity index (χ0) is 14.5. The van der Waals surface area contributed by atoms with Crippen LogP contribution in [0.25, 0.3) is 0 Å². The van der Waals surface area contributed by atoms with Gasteiger partial charge in [-0.25, -0.2) is 0 Å². The lowest BCUT2D eigenvalue weighted by molar-refractivity contribution is -0.132. The number of piperidine rings is 1. The van der Waals surface area contributed by atoms with Crippen LogP contribution >= 0.6 is 0 Å². The molecule has 108 valence electrons. The van der Waals surface area contributed by atoms with E-state index in [1.165, 1.54) is 0 Å². The van der Waals surface area contributed by atoms with Gasteiger partial charge in [0, 0.05) is 30.5 Å². The van der Waals surface area contributed by atoms with Crippen LogP contribution in [0.1, 0.15) is 33.1 Å². The molecule has 1 fully saturated rings. The Kier molecular flexibility index (Phi) is 4.94. The molecule has 0 saturated carbocycles. The lowest BCUT2D eigenvalue weighted by atomic mass is 9.87. The largest absolute Gasteiger partial charge is 0.339 e. The molecule has 2 aliphatic rings. The van der Waals surface area contributed by atoms with Crippen molar-refractivity contribution < 1.29 is 9.59 Å². The Morgan fingerprint density at radius 1 is 1.20 bits per heavy atom. The van der Waals surface area contributed by atoms with E-state index in [-0.39, 0.29) is 17.7 Å². The number of Topliss-reactive ketones (excluding diaryl/α,β-unsaturated/α-hetero) is 1. The molecule has 3 nitrogen and oxygen atoms in total. The van der Waals surface area contributed by atoms with Gasteiger partial charge in [0.15, 0.2) is 0 Å². The summed E-state index contributed by atoms with van der Waals surface area (Å²) in [7, 11) is 0. The second-order valence-corrected chi connectivity index (χ2v) is 5.81. The number of likely N-dealkylation sites (tertiary alicyclic amines) is 1. The fourth-order valence-electron chi connectivity index (χ4n) is 2.74. The summed E-state index contributed by atoms with van der Waals surface area (Å²) in [6, 6.07) is 0. The third-order valence-corrected chi connectivity index (χ3v) is 3.98. The SMILES string of the molecule is CC(C)C(=O)C1CCN(C(=O)C2=CC=CCC=C2)CC1. The molecule has 2 rings (SSSR count). The Balaban J connectivity index is 1.93. The van der Waals surface area contributed by atoms with E-state index in [4.69, 9.17) is 0 Å². The molecule has 0 spiro atoms. The number of hydrogen-bond acceptors (Lipinski definition) is 2. The third-order valence-electron chi connectivity index (χ3n) is 3.98. The van der Waals surface area contributed by atoms with E-state index in [9.17, 15) is 9.59 Å². The quantitative estimate of drug-likeness (QED) is 0.793. The molecule has 0 bridgehead atoms. The van der Waals surface area contributed by atoms with Crippen molar-refractivity contribution in [2.75, 3.05) is 13.1 Å². The molecule has 0 aromatic rings. The van der Waals surface area contributed by atoms with Crippen LogP contribution in [-0.4, -0.2) is 29.7 Å². The van der Waals surface area contributed by atoms with Crippen molar-refractivity contribution in [1.29, 1.82) is 0 Å². The molecule has 1 amide bonds. The van der Waals surface area contributed by atoms with Gasteiger partial charge in [0.2, 0.25) is 0 Å². The van der Waals surface area contributed by atoms with Crippen LogP contribution in [0, 0.1) is 11.8 Å². The van der Waals surface area contributed by atoms with Gasteiger partial charge in [-0.3, -0.25) is 9.59 Å². The standard InChI is InChI=1S/C17H23NO2/c1-13(2)16(19)14-9-11-18(12-10-14)17(20)15-7-5-3-4-6-8-15/h3,5-8,13-14H,4,9-12H2,1-2H3. The van der Waals surface area contributed by atoms with Crippen LogP contribution < -0.4 is 0 Å². The van der Waals surface area contributed by atoms with Gasteiger partial charge in [0.05, 0.1) is 0 Å². The highest BCUT2D eigenvalue weighted by atomic mass is 16.2. The van der Waals surface area contributed by atoms with E-state index in [1.807, 2.05) is 49.1 Å². The average Bonchev–Trinajstić information content (AvgIpc) is 2.75. The number of ketones is 1. The maximum atomic E-state index is 12.4. The zero-order valence-electron chi connectivity index (χ0n) is 12.3. The Morgan fingerprint density at radius 3 is 2.55 bits per heavy atom. The molecule has 1 aliphatic carbocycles. The molecular formula is C17H23NO2. The highest BCUT2D eigenvalue weighted by Crippen LogP contribution is 2.22. The molecule has 0 atom stereocenters. The number of allylic oxidation sites excluding steroid dienone is 4. The van der Waals surface area contributed by atoms with Gasteiger partial charge >= 0.3 is 0 Å². The fraction of sp³-hybridized carbons (Fsp3) is 0.529. The lowest BCUT2D eigenvalue weighted by Crippen LogP contribution is -2.41. The second kappa shape index (κ2) is 6.69. The first-order chi connectivity index (χ1) is 9.59. The van der Waals surface area contributed by atoms with Crippen molar-refractivity contribution in [2.24, 2.45) is 11.8 Å². The Labute approximate surface area is 121 Å². The molecule has 0 N–H and O–H groups in total. The Hall–Kier alpha value is -1.64. The van der Waals surface area contributed by atoms with Crippen molar-refractivity contribution in [2.45, 2.75) is 33.1 Å². The van der Waals surface area contributed by atoms with Crippen LogP contribution in [0.4, 0.5) is 0 Å². The summed E-state index contributed by atoms with van der Waals surface area (Å²) in [5.74, 6) is 0.661. The fourth-order valence-corrected chi connectivity index (χ4v) is 2.74. The first-order valence-corrected chi connectivity index (χ1v) is 7.46. The monoisotopic (exact) mass is 273 g/mol. The number of carbonyl (C=O) groups is 2. The molecule has 0 aromatic heterocycles. The van der Waals surface area contributed by atoms with Crippen molar-refractivity contribution >= 4 is 11.7 Å². The Bertz CT molecular complexity index is 463. The summed E-state index contributed by atoms with van der Waals surface area (Å²) in [6.45, 7) is 5.29. The molecule has 1 aliphatic heterocycles. The molecule has 20 heavy (non-hydrogen) atoms. The summed E-state index contributed by atoms with van der Waals surface area (Å²) in [4.78, 5) is 26.3. The molecule has 1 heterocycles. The van der Waals surface area contributed by atoms with Crippen LogP contribution in [0.5, 0.6) is 0 Å². The van der Waals surface area contributed by atoms with Gasteiger partial charge < -0.3 is 4.90 Å². The van der Waals surface area contributed by atoms with E-state index in [0.29, 0.717) is 18.9 Å².